The summed E-state index contributed by atoms with van der Waals surface area (Å²) in [7, 11) is 0. The molecule has 0 spiro atoms. The second-order valence-electron chi connectivity index (χ2n) is 3.18. The van der Waals surface area contributed by atoms with Crippen LogP contribution in [0.1, 0.15) is 27.0 Å². The molecule has 0 atom stereocenters. The minimum atomic E-state index is -0.888. The van der Waals surface area contributed by atoms with Gasteiger partial charge in [-0.3, -0.25) is 0 Å². The van der Waals surface area contributed by atoms with Gasteiger partial charge in [-0.1, -0.05) is 31.9 Å². The predicted octanol–water partition coefficient (Wildman–Crippen LogP) is 3.84. The van der Waals surface area contributed by atoms with E-state index >= 15 is 0 Å². The first-order chi connectivity index (χ1) is 6.37. The van der Waals surface area contributed by atoms with Gasteiger partial charge >= 0.3 is 5.97 Å². The second-order valence-corrected chi connectivity index (χ2v) is 4.77. The minimum Gasteiger partial charge on any atom is -0.478 e. The summed E-state index contributed by atoms with van der Waals surface area (Å²) in [4.78, 5) is 11.0. The maximum Gasteiger partial charge on any atom is 0.336 e. The fourth-order valence-corrected chi connectivity index (χ4v) is 2.54. The first-order valence-corrected chi connectivity index (χ1v) is 5.64. The Bertz CT molecular complexity index is 382. The van der Waals surface area contributed by atoms with Gasteiger partial charge in [0.25, 0.3) is 0 Å². The van der Waals surface area contributed by atoms with E-state index in [4.69, 9.17) is 5.11 Å². The molecule has 4 heteroatoms. The van der Waals surface area contributed by atoms with Crippen LogP contribution in [-0.4, -0.2) is 11.1 Å². The fourth-order valence-electron chi connectivity index (χ4n) is 1.48. The van der Waals surface area contributed by atoms with Gasteiger partial charge in [-0.05, 0) is 37.5 Å². The van der Waals surface area contributed by atoms with Gasteiger partial charge in [0.05, 0.1) is 5.56 Å². The molecule has 1 rings (SSSR count). The van der Waals surface area contributed by atoms with Crippen molar-refractivity contribution in [3.63, 3.8) is 0 Å². The maximum atomic E-state index is 11.0. The molecular formula is C10H10Br2O2. The third-order valence-corrected chi connectivity index (χ3v) is 4.66. The number of aromatic carboxylic acids is 1. The van der Waals surface area contributed by atoms with Crippen molar-refractivity contribution in [2.45, 2.75) is 20.8 Å². The van der Waals surface area contributed by atoms with Gasteiger partial charge in [0, 0.05) is 8.95 Å². The van der Waals surface area contributed by atoms with E-state index in [1.807, 2.05) is 6.92 Å². The van der Waals surface area contributed by atoms with Gasteiger partial charge < -0.3 is 5.11 Å². The molecule has 0 aromatic heterocycles. The molecule has 0 radical (unpaired) electrons. The Kier molecular flexibility index (Phi) is 3.37. The highest BCUT2D eigenvalue weighted by atomic mass is 79.9. The lowest BCUT2D eigenvalue weighted by molar-refractivity contribution is 0.0695. The van der Waals surface area contributed by atoms with Crippen LogP contribution in [0.2, 0.25) is 0 Å². The van der Waals surface area contributed by atoms with Crippen LogP contribution in [-0.2, 0) is 0 Å². The van der Waals surface area contributed by atoms with Gasteiger partial charge in [-0.2, -0.15) is 0 Å². The average Bonchev–Trinajstić information content (AvgIpc) is 2.11. The Morgan fingerprint density at radius 3 is 1.64 bits per heavy atom. The van der Waals surface area contributed by atoms with Crippen molar-refractivity contribution in [1.82, 2.24) is 0 Å². The van der Waals surface area contributed by atoms with Crippen LogP contribution in [0.4, 0.5) is 0 Å². The smallest absolute Gasteiger partial charge is 0.336 e. The highest BCUT2D eigenvalue weighted by molar-refractivity contribution is 9.11. The third kappa shape index (κ3) is 1.73. The van der Waals surface area contributed by atoms with E-state index in [1.165, 1.54) is 0 Å². The quantitative estimate of drug-likeness (QED) is 0.853. The molecule has 0 saturated heterocycles. The molecule has 76 valence electrons. The van der Waals surface area contributed by atoms with Crippen molar-refractivity contribution in [3.8, 4) is 0 Å². The summed E-state index contributed by atoms with van der Waals surface area (Å²) in [5.74, 6) is -0.888. The van der Waals surface area contributed by atoms with Crippen LogP contribution in [0.5, 0.6) is 0 Å². The first kappa shape index (κ1) is 11.7. The number of halogens is 2. The Morgan fingerprint density at radius 1 is 1.00 bits per heavy atom. The number of rotatable bonds is 1. The summed E-state index contributed by atoms with van der Waals surface area (Å²) in [6.07, 6.45) is 0. The molecule has 0 aliphatic rings. The topological polar surface area (TPSA) is 37.3 Å². The third-order valence-electron chi connectivity index (χ3n) is 2.28. The molecule has 0 aliphatic carbocycles. The molecule has 0 amide bonds. The van der Waals surface area contributed by atoms with Crippen LogP contribution in [0.25, 0.3) is 0 Å². The van der Waals surface area contributed by atoms with E-state index in [-0.39, 0.29) is 0 Å². The number of carbonyl (C=O) groups is 1. The number of carboxylic acids is 1. The van der Waals surface area contributed by atoms with E-state index in [0.29, 0.717) is 5.56 Å². The lowest BCUT2D eigenvalue weighted by Gasteiger charge is -2.13. The monoisotopic (exact) mass is 320 g/mol. The van der Waals surface area contributed by atoms with Crippen molar-refractivity contribution in [2.75, 3.05) is 0 Å². The maximum absolute atomic E-state index is 11.0. The molecule has 14 heavy (non-hydrogen) atoms. The van der Waals surface area contributed by atoms with Crippen molar-refractivity contribution in [2.24, 2.45) is 0 Å². The predicted molar refractivity (Wildman–Crippen MR) is 63.0 cm³/mol. The van der Waals surface area contributed by atoms with Crippen molar-refractivity contribution in [3.05, 3.63) is 31.2 Å². The van der Waals surface area contributed by atoms with Crippen LogP contribution in [0.15, 0.2) is 8.95 Å². The second kappa shape index (κ2) is 4.03. The fraction of sp³-hybridized carbons (Fsp3) is 0.300. The first-order valence-electron chi connectivity index (χ1n) is 4.06. The Morgan fingerprint density at radius 2 is 1.36 bits per heavy atom. The SMILES string of the molecule is Cc1c(Br)c(C)c(C(=O)O)c(C)c1Br. The van der Waals surface area contributed by atoms with Crippen LogP contribution in [0.3, 0.4) is 0 Å². The average molecular weight is 322 g/mol. The van der Waals surface area contributed by atoms with Gasteiger partial charge in [-0.25, -0.2) is 4.79 Å². The summed E-state index contributed by atoms with van der Waals surface area (Å²) in [5, 5.41) is 9.04. The molecule has 1 N–H and O–H groups in total. The highest BCUT2D eigenvalue weighted by Crippen LogP contribution is 2.34. The molecular weight excluding hydrogens is 312 g/mol. The van der Waals surface area contributed by atoms with E-state index in [0.717, 1.165) is 25.6 Å². The molecule has 0 fully saturated rings. The molecule has 0 heterocycles. The zero-order valence-corrected chi connectivity index (χ0v) is 11.3. The van der Waals surface area contributed by atoms with E-state index in [1.54, 1.807) is 13.8 Å². The van der Waals surface area contributed by atoms with Crippen LogP contribution < -0.4 is 0 Å². The molecule has 0 unspecified atom stereocenters. The summed E-state index contributed by atoms with van der Waals surface area (Å²) >= 11 is 6.78. The molecule has 1 aromatic rings. The van der Waals surface area contributed by atoms with Crippen molar-refractivity contribution in [1.29, 1.82) is 0 Å². The summed E-state index contributed by atoms with van der Waals surface area (Å²) in [5.41, 5.74) is 2.95. The van der Waals surface area contributed by atoms with Crippen molar-refractivity contribution < 1.29 is 9.90 Å². The van der Waals surface area contributed by atoms with Gasteiger partial charge in [-0.15, -0.1) is 0 Å². The molecule has 0 aliphatic heterocycles. The standard InChI is InChI=1S/C10H10Br2O2/c1-4-7(10(13)14)5(2)9(12)6(3)8(4)11/h1-3H3,(H,13,14). The van der Waals surface area contributed by atoms with Gasteiger partial charge in [0.2, 0.25) is 0 Å². The normalized spacial score (nSPS) is 10.4. The lowest BCUT2D eigenvalue weighted by Crippen LogP contribution is -2.05. The van der Waals surface area contributed by atoms with E-state index < -0.39 is 5.97 Å². The molecule has 1 aromatic carbocycles. The lowest BCUT2D eigenvalue weighted by atomic mass is 10.00. The highest BCUT2D eigenvalue weighted by Gasteiger charge is 2.18. The summed E-state index contributed by atoms with van der Waals surface area (Å²) in [6.45, 7) is 5.56. The van der Waals surface area contributed by atoms with Crippen molar-refractivity contribution >= 4 is 37.8 Å². The van der Waals surface area contributed by atoms with Gasteiger partial charge in [0.15, 0.2) is 0 Å². The number of hydrogen-bond acceptors (Lipinski definition) is 1. The Balaban J connectivity index is 3.68. The van der Waals surface area contributed by atoms with Crippen LogP contribution >= 0.6 is 31.9 Å². The zero-order chi connectivity index (χ0) is 11.0. The Labute approximate surface area is 99.6 Å². The molecule has 2 nitrogen and oxygen atoms in total. The Hall–Kier alpha value is -0.350. The van der Waals surface area contributed by atoms with E-state index in [9.17, 15) is 4.79 Å². The zero-order valence-electron chi connectivity index (χ0n) is 8.11. The number of carboxylic acid groups (broad SMARTS) is 1. The van der Waals surface area contributed by atoms with Crippen LogP contribution in [0, 0.1) is 20.8 Å². The van der Waals surface area contributed by atoms with Gasteiger partial charge in [0.1, 0.15) is 0 Å². The largest absolute Gasteiger partial charge is 0.478 e. The number of hydrogen-bond donors (Lipinski definition) is 1. The number of benzene rings is 1. The summed E-state index contributed by atoms with van der Waals surface area (Å²) in [6, 6.07) is 0. The summed E-state index contributed by atoms with van der Waals surface area (Å²) < 4.78 is 1.71. The minimum absolute atomic E-state index is 0.370. The van der Waals surface area contributed by atoms with E-state index in [2.05, 4.69) is 31.9 Å². The molecule has 0 saturated carbocycles. The molecule has 0 bridgehead atoms.